The molecule has 1 spiro atoms. The number of ether oxygens (including phenoxy) is 2. The van der Waals surface area contributed by atoms with Gasteiger partial charge in [-0.05, 0) is 81.4 Å². The normalized spacial score (nSPS) is 29.6. The van der Waals surface area contributed by atoms with E-state index in [0.717, 1.165) is 28.8 Å². The van der Waals surface area contributed by atoms with E-state index >= 15 is 0 Å². The van der Waals surface area contributed by atoms with Gasteiger partial charge in [0.25, 0.3) is 5.91 Å². The summed E-state index contributed by atoms with van der Waals surface area (Å²) in [6.45, 7) is 8.92. The zero-order valence-corrected chi connectivity index (χ0v) is 24.0. The summed E-state index contributed by atoms with van der Waals surface area (Å²) in [5.41, 5.74) is 2.26. The Hall–Kier alpha value is -3.34. The molecule has 2 aromatic carbocycles. The molecule has 0 radical (unpaired) electrons. The summed E-state index contributed by atoms with van der Waals surface area (Å²) in [7, 11) is 2.08. The molecule has 2 heterocycles. The number of rotatable bonds is 4. The lowest BCUT2D eigenvalue weighted by atomic mass is 9.48. The van der Waals surface area contributed by atoms with Crippen LogP contribution in [-0.2, 0) is 21.4 Å². The summed E-state index contributed by atoms with van der Waals surface area (Å²) in [6, 6.07) is 11.3. The van der Waals surface area contributed by atoms with Crippen molar-refractivity contribution in [2.75, 3.05) is 20.1 Å². The second kappa shape index (κ2) is 9.64. The van der Waals surface area contributed by atoms with Gasteiger partial charge in [0, 0.05) is 36.6 Å². The fourth-order valence-corrected chi connectivity index (χ4v) is 7.95. The van der Waals surface area contributed by atoms with Crippen molar-refractivity contribution < 1.29 is 24.2 Å². The maximum atomic E-state index is 13.8. The lowest BCUT2D eigenvalue weighted by Gasteiger charge is -2.64. The highest BCUT2D eigenvalue weighted by atomic mass is 16.6. The van der Waals surface area contributed by atoms with Gasteiger partial charge in [-0.15, -0.1) is 0 Å². The molecule has 2 fully saturated rings. The maximum absolute atomic E-state index is 13.8. The molecule has 2 bridgehead atoms. The Morgan fingerprint density at radius 1 is 1.25 bits per heavy atom. The van der Waals surface area contributed by atoms with Crippen molar-refractivity contribution in [3.8, 4) is 23.3 Å². The molecule has 210 valence electrons. The van der Waals surface area contributed by atoms with E-state index in [2.05, 4.69) is 37.6 Å². The molecule has 1 N–H and O–H groups in total. The van der Waals surface area contributed by atoms with Gasteiger partial charge < -0.3 is 24.4 Å². The van der Waals surface area contributed by atoms with Crippen LogP contribution in [0.2, 0.25) is 0 Å². The number of likely N-dealkylation sites (tertiary alicyclic amines) is 1. The van der Waals surface area contributed by atoms with Crippen LogP contribution in [0.1, 0.15) is 62.3 Å². The van der Waals surface area contributed by atoms with Crippen molar-refractivity contribution in [2.24, 2.45) is 5.92 Å². The third-order valence-electron chi connectivity index (χ3n) is 9.49. The van der Waals surface area contributed by atoms with Crippen molar-refractivity contribution in [3.63, 3.8) is 0 Å². The van der Waals surface area contributed by atoms with E-state index in [4.69, 9.17) is 9.47 Å². The van der Waals surface area contributed by atoms with Crippen LogP contribution in [-0.4, -0.2) is 70.7 Å². The number of carbonyl (C=O) groups is 2. The number of esters is 1. The monoisotopic (exact) mass is 542 g/mol. The number of nitrogens with zero attached hydrogens (tertiary/aromatic N) is 2. The molecule has 2 aliphatic carbocycles. The zero-order chi connectivity index (χ0) is 28.4. The standard InChI is InChI=1S/C33H38N2O5/c1-20(2)19-35(28(37)12-9-23-8-6-7-21(3)17-23)25-13-14-33(38)27-18-24-10-11-26(39-22(4)36)30-29(24)32(33,31(25)40-30)15-16-34(27)5/h6-8,10-11,17,20,25,27,31,38H,13-16,18-19H2,1-5H3/t25-,27-,31+,32+,33-/m1/s1. The van der Waals surface area contributed by atoms with Crippen molar-refractivity contribution in [1.29, 1.82) is 0 Å². The minimum absolute atomic E-state index is 0.0540. The molecule has 0 unspecified atom stereocenters. The molecule has 7 nitrogen and oxygen atoms in total. The Balaban J connectivity index is 1.45. The highest BCUT2D eigenvalue weighted by Crippen LogP contribution is 2.65. The number of piperidine rings is 1. The number of likely N-dealkylation sites (N-methyl/N-ethyl adjacent to an activating group) is 1. The lowest BCUT2D eigenvalue weighted by molar-refractivity contribution is -0.197. The third-order valence-corrected chi connectivity index (χ3v) is 9.49. The van der Waals surface area contributed by atoms with Crippen LogP contribution in [0, 0.1) is 24.7 Å². The van der Waals surface area contributed by atoms with Crippen molar-refractivity contribution >= 4 is 11.9 Å². The average Bonchev–Trinajstić information content (AvgIpc) is 3.25. The van der Waals surface area contributed by atoms with Crippen LogP contribution >= 0.6 is 0 Å². The summed E-state index contributed by atoms with van der Waals surface area (Å²) < 4.78 is 12.4. The molecule has 7 heteroatoms. The summed E-state index contributed by atoms with van der Waals surface area (Å²) in [4.78, 5) is 30.0. The number of carbonyl (C=O) groups excluding carboxylic acids is 2. The molecule has 5 atom stereocenters. The molecule has 2 aliphatic heterocycles. The number of benzene rings is 2. The van der Waals surface area contributed by atoms with Crippen LogP contribution < -0.4 is 9.47 Å². The topological polar surface area (TPSA) is 79.3 Å². The molecular weight excluding hydrogens is 504 g/mol. The van der Waals surface area contributed by atoms with E-state index in [1.54, 1.807) is 0 Å². The van der Waals surface area contributed by atoms with Crippen LogP contribution in [0.15, 0.2) is 36.4 Å². The van der Waals surface area contributed by atoms with Gasteiger partial charge in [0.05, 0.1) is 17.1 Å². The fraction of sp³-hybridized carbons (Fsp3) is 0.515. The van der Waals surface area contributed by atoms with Gasteiger partial charge >= 0.3 is 5.97 Å². The van der Waals surface area contributed by atoms with Gasteiger partial charge in [0.1, 0.15) is 6.10 Å². The van der Waals surface area contributed by atoms with Gasteiger partial charge in [0.15, 0.2) is 11.5 Å². The zero-order valence-electron chi connectivity index (χ0n) is 24.0. The van der Waals surface area contributed by atoms with E-state index in [9.17, 15) is 14.7 Å². The minimum atomic E-state index is -1.02. The predicted octanol–water partition coefficient (Wildman–Crippen LogP) is 3.61. The quantitative estimate of drug-likeness (QED) is 0.361. The third kappa shape index (κ3) is 3.95. The predicted molar refractivity (Wildman–Crippen MR) is 151 cm³/mol. The Kier molecular flexibility index (Phi) is 6.47. The summed E-state index contributed by atoms with van der Waals surface area (Å²) in [6.07, 6.45) is 2.08. The highest BCUT2D eigenvalue weighted by Gasteiger charge is 2.73. The number of hydrogen-bond acceptors (Lipinski definition) is 6. The molecule has 1 amide bonds. The summed E-state index contributed by atoms with van der Waals surface area (Å²) >= 11 is 0. The molecule has 1 saturated heterocycles. The molecular formula is C33H38N2O5. The smallest absolute Gasteiger partial charge is 0.308 e. The van der Waals surface area contributed by atoms with Crippen LogP contribution in [0.5, 0.6) is 11.5 Å². The molecule has 1 saturated carbocycles. The first-order chi connectivity index (χ1) is 19.0. The summed E-state index contributed by atoms with van der Waals surface area (Å²) in [5.74, 6) is 6.49. The minimum Gasteiger partial charge on any atom is -0.483 e. The van der Waals surface area contributed by atoms with Crippen molar-refractivity contribution in [1.82, 2.24) is 9.80 Å². The van der Waals surface area contributed by atoms with Gasteiger partial charge in [0.2, 0.25) is 0 Å². The van der Waals surface area contributed by atoms with Gasteiger partial charge in [-0.25, -0.2) is 0 Å². The van der Waals surface area contributed by atoms with Gasteiger partial charge in [-0.2, -0.15) is 0 Å². The van der Waals surface area contributed by atoms with E-state index in [-0.39, 0.29) is 23.9 Å². The second-order valence-corrected chi connectivity index (χ2v) is 12.5. The van der Waals surface area contributed by atoms with Crippen LogP contribution in [0.25, 0.3) is 0 Å². The molecule has 40 heavy (non-hydrogen) atoms. The molecule has 2 aromatic rings. The highest BCUT2D eigenvalue weighted by molar-refractivity contribution is 5.94. The van der Waals surface area contributed by atoms with E-state index in [1.807, 2.05) is 48.2 Å². The average molecular weight is 543 g/mol. The molecule has 4 aliphatic rings. The number of hydrogen-bond donors (Lipinski definition) is 1. The van der Waals surface area contributed by atoms with Crippen LogP contribution in [0.4, 0.5) is 0 Å². The first-order valence-corrected chi connectivity index (χ1v) is 14.4. The lowest BCUT2D eigenvalue weighted by Crippen LogP contribution is -2.78. The maximum Gasteiger partial charge on any atom is 0.308 e. The van der Waals surface area contributed by atoms with E-state index in [0.29, 0.717) is 43.7 Å². The second-order valence-electron chi connectivity index (χ2n) is 12.5. The van der Waals surface area contributed by atoms with E-state index < -0.39 is 23.1 Å². The number of aryl methyl sites for hydroxylation is 1. The molecule has 0 aromatic heterocycles. The first kappa shape index (κ1) is 26.9. The first-order valence-electron chi connectivity index (χ1n) is 14.4. The Bertz CT molecular complexity index is 1440. The van der Waals surface area contributed by atoms with Gasteiger partial charge in [-0.3, -0.25) is 9.59 Å². The SMILES string of the molecule is CC(=O)Oc1ccc2c3c1O[C@H]1[C@H](N(CC(C)C)C(=O)C#Cc4cccc(C)c4)CC[C@@]4(O)[C@@H](C2)N(C)CC[C@]314. The Labute approximate surface area is 236 Å². The van der Waals surface area contributed by atoms with Crippen molar-refractivity contribution in [2.45, 2.75) is 82.6 Å². The molecule has 6 rings (SSSR count). The van der Waals surface area contributed by atoms with Crippen LogP contribution in [0.3, 0.4) is 0 Å². The number of aliphatic hydroxyl groups is 1. The number of amides is 1. The fourth-order valence-electron chi connectivity index (χ4n) is 7.95. The van der Waals surface area contributed by atoms with E-state index in [1.165, 1.54) is 6.92 Å². The largest absolute Gasteiger partial charge is 0.483 e. The van der Waals surface area contributed by atoms with Crippen molar-refractivity contribution in [3.05, 3.63) is 58.7 Å². The summed E-state index contributed by atoms with van der Waals surface area (Å²) in [5, 5.41) is 12.6. The Morgan fingerprint density at radius 3 is 2.77 bits per heavy atom. The Morgan fingerprint density at radius 2 is 2.05 bits per heavy atom. The van der Waals surface area contributed by atoms with Gasteiger partial charge in [-0.1, -0.05) is 38.0 Å².